The van der Waals surface area contributed by atoms with Gasteiger partial charge < -0.3 is 5.32 Å². The van der Waals surface area contributed by atoms with E-state index in [0.29, 0.717) is 17.1 Å². The van der Waals surface area contributed by atoms with Crippen molar-refractivity contribution < 1.29 is 9.59 Å². The predicted molar refractivity (Wildman–Crippen MR) is 102 cm³/mol. The molecule has 0 spiro atoms. The van der Waals surface area contributed by atoms with Crippen molar-refractivity contribution >= 4 is 46.4 Å². The van der Waals surface area contributed by atoms with Crippen LogP contribution >= 0.6 is 23.2 Å². The van der Waals surface area contributed by atoms with Gasteiger partial charge in [-0.05, 0) is 23.8 Å². The van der Waals surface area contributed by atoms with Crippen molar-refractivity contribution in [1.29, 1.82) is 0 Å². The number of nitrogens with one attached hydrogen (secondary N) is 1. The Balaban J connectivity index is 1.77. The zero-order chi connectivity index (χ0) is 18.8. The summed E-state index contributed by atoms with van der Waals surface area (Å²) in [7, 11) is 1.64. The number of pyridine rings is 1. The van der Waals surface area contributed by atoms with E-state index < -0.39 is 5.91 Å². The lowest BCUT2D eigenvalue weighted by Gasteiger charge is -2.24. The second kappa shape index (κ2) is 7.43. The molecule has 2 heterocycles. The second-order valence-corrected chi connectivity index (χ2v) is 6.87. The summed E-state index contributed by atoms with van der Waals surface area (Å²) in [6, 6.07) is 8.71. The average molecular weight is 391 g/mol. The first kappa shape index (κ1) is 18.4. The molecule has 0 aliphatic carbocycles. The molecule has 0 saturated heterocycles. The van der Waals surface area contributed by atoms with Crippen molar-refractivity contribution in [2.24, 2.45) is 11.0 Å². The molecule has 26 heavy (non-hydrogen) atoms. The van der Waals surface area contributed by atoms with Crippen LogP contribution in [0.25, 0.3) is 0 Å². The van der Waals surface area contributed by atoms with Gasteiger partial charge in [-0.25, -0.2) is 9.99 Å². The number of hydrazone groups is 1. The summed E-state index contributed by atoms with van der Waals surface area (Å²) in [4.78, 5) is 27.9. The number of halogens is 2. The number of hydrogen-bond donors (Lipinski definition) is 1. The summed E-state index contributed by atoms with van der Waals surface area (Å²) in [5.74, 6) is -0.387. The first-order valence-electron chi connectivity index (χ1n) is 7.93. The number of anilines is 1. The molecule has 1 aromatic heterocycles. The van der Waals surface area contributed by atoms with Gasteiger partial charge in [0.25, 0.3) is 5.91 Å². The Morgan fingerprint density at radius 3 is 2.62 bits per heavy atom. The molecule has 3 rings (SSSR count). The second-order valence-electron chi connectivity index (χ2n) is 6.02. The molecule has 1 atom stereocenters. The van der Waals surface area contributed by atoms with Crippen LogP contribution in [0.4, 0.5) is 5.69 Å². The Labute approximate surface area is 160 Å². The van der Waals surface area contributed by atoms with Crippen LogP contribution < -0.4 is 5.32 Å². The molecule has 2 amide bonds. The largest absolute Gasteiger partial charge is 0.321 e. The molecule has 8 heteroatoms. The summed E-state index contributed by atoms with van der Waals surface area (Å²) in [5.41, 5.74) is 2.44. The number of rotatable bonds is 3. The van der Waals surface area contributed by atoms with Gasteiger partial charge in [-0.1, -0.05) is 42.3 Å². The van der Waals surface area contributed by atoms with Crippen molar-refractivity contribution in [3.8, 4) is 0 Å². The van der Waals surface area contributed by atoms with E-state index in [-0.39, 0.29) is 22.5 Å². The third kappa shape index (κ3) is 3.86. The first-order chi connectivity index (χ1) is 12.3. The Bertz CT molecular complexity index is 897. The highest BCUT2D eigenvalue weighted by Gasteiger charge is 2.25. The lowest BCUT2D eigenvalue weighted by Crippen LogP contribution is -2.33. The lowest BCUT2D eigenvalue weighted by atomic mass is 9.94. The molecule has 0 bridgehead atoms. The van der Waals surface area contributed by atoms with Crippen LogP contribution in [0.2, 0.25) is 10.0 Å². The standard InChI is InChI=1S/C18H16Cl2N4O2/c1-10-7-15(25)24(2)23-16(10)11-3-5-13(6-4-11)22-18(26)17-14(20)8-12(19)9-21-17/h3-6,8-10H,7H2,1-2H3,(H,22,26). The molecule has 1 aromatic carbocycles. The summed E-state index contributed by atoms with van der Waals surface area (Å²) in [5, 5.41) is 9.00. The fourth-order valence-corrected chi connectivity index (χ4v) is 3.11. The quantitative estimate of drug-likeness (QED) is 0.864. The highest BCUT2D eigenvalue weighted by Crippen LogP contribution is 2.22. The Kier molecular flexibility index (Phi) is 5.25. The van der Waals surface area contributed by atoms with E-state index >= 15 is 0 Å². The fraction of sp³-hybridized carbons (Fsp3) is 0.222. The maximum Gasteiger partial charge on any atom is 0.275 e. The van der Waals surface area contributed by atoms with Crippen molar-refractivity contribution in [3.63, 3.8) is 0 Å². The minimum atomic E-state index is -0.423. The van der Waals surface area contributed by atoms with Gasteiger partial charge in [0.15, 0.2) is 0 Å². The lowest BCUT2D eigenvalue weighted by molar-refractivity contribution is -0.131. The van der Waals surface area contributed by atoms with Crippen LogP contribution in [0.15, 0.2) is 41.6 Å². The Morgan fingerprint density at radius 1 is 1.27 bits per heavy atom. The summed E-state index contributed by atoms with van der Waals surface area (Å²) >= 11 is 11.8. The molecule has 1 aliphatic rings. The molecular weight excluding hydrogens is 375 g/mol. The van der Waals surface area contributed by atoms with Crippen LogP contribution in [0, 0.1) is 5.92 Å². The zero-order valence-corrected chi connectivity index (χ0v) is 15.7. The molecule has 1 N–H and O–H groups in total. The molecule has 0 saturated carbocycles. The molecule has 134 valence electrons. The number of benzene rings is 1. The molecule has 0 radical (unpaired) electrons. The SMILES string of the molecule is CC1CC(=O)N(C)N=C1c1ccc(NC(=O)c2ncc(Cl)cc2Cl)cc1. The predicted octanol–water partition coefficient (Wildman–Crippen LogP) is 3.84. The van der Waals surface area contributed by atoms with E-state index in [1.54, 1.807) is 19.2 Å². The molecule has 2 aromatic rings. The van der Waals surface area contributed by atoms with Crippen molar-refractivity contribution in [2.75, 3.05) is 12.4 Å². The summed E-state index contributed by atoms with van der Waals surface area (Å²) in [6.07, 6.45) is 1.79. The number of aromatic nitrogens is 1. The van der Waals surface area contributed by atoms with Gasteiger partial charge in [-0.2, -0.15) is 5.10 Å². The van der Waals surface area contributed by atoms with Gasteiger partial charge in [-0.15, -0.1) is 0 Å². The highest BCUT2D eigenvalue weighted by atomic mass is 35.5. The number of carbonyl (C=O) groups is 2. The Morgan fingerprint density at radius 2 is 1.96 bits per heavy atom. The fourth-order valence-electron chi connectivity index (χ4n) is 2.65. The third-order valence-corrected chi connectivity index (χ3v) is 4.52. The van der Waals surface area contributed by atoms with Crippen LogP contribution in [0.3, 0.4) is 0 Å². The molecule has 1 aliphatic heterocycles. The minimum Gasteiger partial charge on any atom is -0.321 e. The normalized spacial score (nSPS) is 17.1. The van der Waals surface area contributed by atoms with Gasteiger partial charge in [-0.3, -0.25) is 9.59 Å². The van der Waals surface area contributed by atoms with Crippen LogP contribution in [-0.2, 0) is 4.79 Å². The zero-order valence-electron chi connectivity index (χ0n) is 14.2. The van der Waals surface area contributed by atoms with Gasteiger partial charge in [0, 0.05) is 31.3 Å². The highest BCUT2D eigenvalue weighted by molar-refractivity contribution is 6.36. The van der Waals surface area contributed by atoms with Crippen molar-refractivity contribution in [2.45, 2.75) is 13.3 Å². The monoisotopic (exact) mass is 390 g/mol. The van der Waals surface area contributed by atoms with Crippen molar-refractivity contribution in [3.05, 3.63) is 57.8 Å². The van der Waals surface area contributed by atoms with Crippen molar-refractivity contribution in [1.82, 2.24) is 9.99 Å². The van der Waals surface area contributed by atoms with E-state index in [0.717, 1.165) is 11.3 Å². The maximum atomic E-state index is 12.3. The molecule has 1 unspecified atom stereocenters. The Hall–Kier alpha value is -2.44. The van der Waals surface area contributed by atoms with Crippen LogP contribution in [0.1, 0.15) is 29.4 Å². The average Bonchev–Trinajstić information content (AvgIpc) is 2.59. The number of amides is 2. The smallest absolute Gasteiger partial charge is 0.275 e. The molecule has 0 fully saturated rings. The number of carbonyl (C=O) groups excluding carboxylic acids is 2. The molecule has 6 nitrogen and oxygen atoms in total. The van der Waals surface area contributed by atoms with E-state index in [9.17, 15) is 9.59 Å². The van der Waals surface area contributed by atoms with Crippen LogP contribution in [0.5, 0.6) is 0 Å². The number of nitrogens with zero attached hydrogens (tertiary/aromatic N) is 3. The topological polar surface area (TPSA) is 74.7 Å². The maximum absolute atomic E-state index is 12.3. The number of hydrogen-bond acceptors (Lipinski definition) is 4. The van der Waals surface area contributed by atoms with E-state index in [1.165, 1.54) is 17.3 Å². The van der Waals surface area contributed by atoms with Gasteiger partial charge >= 0.3 is 0 Å². The summed E-state index contributed by atoms with van der Waals surface area (Å²) < 4.78 is 0. The van der Waals surface area contributed by atoms with E-state index in [1.807, 2.05) is 19.1 Å². The first-order valence-corrected chi connectivity index (χ1v) is 8.68. The molecular formula is C18H16Cl2N4O2. The summed E-state index contributed by atoms with van der Waals surface area (Å²) in [6.45, 7) is 1.97. The van der Waals surface area contributed by atoms with Gasteiger partial charge in [0.05, 0.1) is 15.8 Å². The van der Waals surface area contributed by atoms with Gasteiger partial charge in [0.2, 0.25) is 5.91 Å². The van der Waals surface area contributed by atoms with E-state index in [2.05, 4.69) is 15.4 Å². The van der Waals surface area contributed by atoms with E-state index in [4.69, 9.17) is 23.2 Å². The third-order valence-electron chi connectivity index (χ3n) is 4.03. The van der Waals surface area contributed by atoms with Gasteiger partial charge in [0.1, 0.15) is 5.69 Å². The minimum absolute atomic E-state index is 0.00234. The van der Waals surface area contributed by atoms with Crippen LogP contribution in [-0.4, -0.2) is 34.6 Å².